The summed E-state index contributed by atoms with van der Waals surface area (Å²) < 4.78 is 5.75. The number of hydrogen-bond donors (Lipinski definition) is 1. The Hall–Kier alpha value is -2.14. The van der Waals surface area contributed by atoms with Crippen LogP contribution < -0.4 is 15.0 Å². The number of rotatable bonds is 3. The van der Waals surface area contributed by atoms with E-state index in [2.05, 4.69) is 32.3 Å². The number of aromatic nitrogens is 2. The lowest BCUT2D eigenvalue weighted by Gasteiger charge is -2.29. The van der Waals surface area contributed by atoms with Crippen LogP contribution in [0.15, 0.2) is 36.7 Å². The second kappa shape index (κ2) is 5.88. The average molecular weight is 270 g/mol. The van der Waals surface area contributed by atoms with E-state index in [1.165, 1.54) is 5.69 Å². The molecule has 1 N–H and O–H groups in total. The molecule has 5 nitrogen and oxygen atoms in total. The van der Waals surface area contributed by atoms with Crippen LogP contribution in [-0.4, -0.2) is 36.1 Å². The second-order valence-corrected chi connectivity index (χ2v) is 4.78. The Kier molecular flexibility index (Phi) is 3.78. The molecule has 1 aliphatic rings. The molecule has 0 spiro atoms. The standard InChI is InChI=1S/C15H18N4O/c1-12-15(18-7-6-17-12)20-14-4-2-13(3-5-14)19-10-8-16-9-11-19/h2-7,16H,8-11H2,1H3. The predicted octanol–water partition coefficient (Wildman–Crippen LogP) is 1.99. The molecule has 0 saturated carbocycles. The van der Waals surface area contributed by atoms with E-state index in [4.69, 9.17) is 4.74 Å². The minimum Gasteiger partial charge on any atom is -0.437 e. The van der Waals surface area contributed by atoms with Crippen molar-refractivity contribution in [3.63, 3.8) is 0 Å². The van der Waals surface area contributed by atoms with Crippen molar-refractivity contribution < 1.29 is 4.74 Å². The van der Waals surface area contributed by atoms with Gasteiger partial charge in [0.05, 0.1) is 5.69 Å². The lowest BCUT2D eigenvalue weighted by molar-refractivity contribution is 0.455. The molecule has 1 aliphatic heterocycles. The zero-order valence-corrected chi connectivity index (χ0v) is 11.5. The van der Waals surface area contributed by atoms with Crippen LogP contribution in [0.2, 0.25) is 0 Å². The van der Waals surface area contributed by atoms with Crippen molar-refractivity contribution in [1.29, 1.82) is 0 Å². The average Bonchev–Trinajstić information content (AvgIpc) is 2.51. The molecule has 0 radical (unpaired) electrons. The summed E-state index contributed by atoms with van der Waals surface area (Å²) in [5.41, 5.74) is 2.02. The van der Waals surface area contributed by atoms with Crippen LogP contribution in [0.1, 0.15) is 5.69 Å². The van der Waals surface area contributed by atoms with Crippen molar-refractivity contribution in [3.8, 4) is 11.6 Å². The number of hydrogen-bond acceptors (Lipinski definition) is 5. The van der Waals surface area contributed by atoms with Gasteiger partial charge < -0.3 is 15.0 Å². The van der Waals surface area contributed by atoms with Gasteiger partial charge in [-0.1, -0.05) is 0 Å². The third-order valence-electron chi connectivity index (χ3n) is 3.37. The molecule has 2 aromatic rings. The van der Waals surface area contributed by atoms with Crippen LogP contribution in [0.5, 0.6) is 11.6 Å². The number of aryl methyl sites for hydroxylation is 1. The molecule has 1 aromatic carbocycles. The number of ether oxygens (including phenoxy) is 1. The van der Waals surface area contributed by atoms with Crippen LogP contribution in [0.3, 0.4) is 0 Å². The van der Waals surface area contributed by atoms with Gasteiger partial charge in [-0.15, -0.1) is 0 Å². The van der Waals surface area contributed by atoms with Gasteiger partial charge in [-0.05, 0) is 31.2 Å². The first kappa shape index (κ1) is 12.9. The summed E-state index contributed by atoms with van der Waals surface area (Å²) in [5, 5.41) is 3.35. The summed E-state index contributed by atoms with van der Waals surface area (Å²) >= 11 is 0. The lowest BCUT2D eigenvalue weighted by Crippen LogP contribution is -2.43. The van der Waals surface area contributed by atoms with Gasteiger partial charge in [0.1, 0.15) is 5.75 Å². The Morgan fingerprint density at radius 1 is 1.05 bits per heavy atom. The van der Waals surface area contributed by atoms with Crippen LogP contribution in [0.4, 0.5) is 5.69 Å². The van der Waals surface area contributed by atoms with Crippen molar-refractivity contribution in [2.45, 2.75) is 6.92 Å². The monoisotopic (exact) mass is 270 g/mol. The van der Waals surface area contributed by atoms with Crippen LogP contribution in [-0.2, 0) is 0 Å². The van der Waals surface area contributed by atoms with Gasteiger partial charge in [0.25, 0.3) is 0 Å². The van der Waals surface area contributed by atoms with E-state index in [1.807, 2.05) is 19.1 Å². The summed E-state index contributed by atoms with van der Waals surface area (Å²) in [6.45, 7) is 6.05. The molecule has 2 heterocycles. The zero-order chi connectivity index (χ0) is 13.8. The van der Waals surface area contributed by atoms with Gasteiger partial charge in [0.15, 0.2) is 0 Å². The molecular formula is C15H18N4O. The van der Waals surface area contributed by atoms with Crippen molar-refractivity contribution in [1.82, 2.24) is 15.3 Å². The minimum absolute atomic E-state index is 0.558. The molecule has 20 heavy (non-hydrogen) atoms. The second-order valence-electron chi connectivity index (χ2n) is 4.78. The van der Waals surface area contributed by atoms with Gasteiger partial charge in [0.2, 0.25) is 5.88 Å². The summed E-state index contributed by atoms with van der Waals surface area (Å²) in [4.78, 5) is 10.7. The molecular weight excluding hydrogens is 252 g/mol. The normalized spacial score (nSPS) is 15.2. The van der Waals surface area contributed by atoms with E-state index < -0.39 is 0 Å². The maximum atomic E-state index is 5.75. The fourth-order valence-corrected chi connectivity index (χ4v) is 2.25. The molecule has 1 saturated heterocycles. The van der Waals surface area contributed by atoms with E-state index in [0.29, 0.717) is 5.88 Å². The highest BCUT2D eigenvalue weighted by Gasteiger charge is 2.10. The molecule has 0 bridgehead atoms. The third kappa shape index (κ3) is 2.88. The Labute approximate surface area is 118 Å². The Morgan fingerprint density at radius 3 is 2.45 bits per heavy atom. The third-order valence-corrected chi connectivity index (χ3v) is 3.37. The van der Waals surface area contributed by atoms with Gasteiger partial charge in [0, 0.05) is 44.3 Å². The largest absolute Gasteiger partial charge is 0.437 e. The van der Waals surface area contributed by atoms with E-state index >= 15 is 0 Å². The highest BCUT2D eigenvalue weighted by Crippen LogP contribution is 2.24. The SMILES string of the molecule is Cc1nccnc1Oc1ccc(N2CCNCC2)cc1. The summed E-state index contributed by atoms with van der Waals surface area (Å²) in [7, 11) is 0. The number of anilines is 1. The molecule has 0 amide bonds. The Bertz CT molecular complexity index is 564. The molecule has 104 valence electrons. The summed E-state index contributed by atoms with van der Waals surface area (Å²) in [6.07, 6.45) is 3.30. The number of benzene rings is 1. The zero-order valence-electron chi connectivity index (χ0n) is 11.5. The molecule has 3 rings (SSSR count). The van der Waals surface area contributed by atoms with E-state index in [0.717, 1.165) is 37.6 Å². The summed E-state index contributed by atoms with van der Waals surface area (Å²) in [6, 6.07) is 8.13. The first-order chi connectivity index (χ1) is 9.83. The maximum Gasteiger partial charge on any atom is 0.240 e. The smallest absolute Gasteiger partial charge is 0.240 e. The fourth-order valence-electron chi connectivity index (χ4n) is 2.25. The lowest BCUT2D eigenvalue weighted by atomic mass is 10.2. The van der Waals surface area contributed by atoms with Crippen molar-refractivity contribution in [2.75, 3.05) is 31.1 Å². The van der Waals surface area contributed by atoms with Crippen molar-refractivity contribution >= 4 is 5.69 Å². The van der Waals surface area contributed by atoms with Crippen molar-refractivity contribution in [2.24, 2.45) is 0 Å². The van der Waals surface area contributed by atoms with E-state index in [-0.39, 0.29) is 0 Å². The topological polar surface area (TPSA) is 50.3 Å². The number of piperazine rings is 1. The minimum atomic E-state index is 0.558. The quantitative estimate of drug-likeness (QED) is 0.924. The maximum absolute atomic E-state index is 5.75. The molecule has 0 atom stereocenters. The van der Waals surface area contributed by atoms with Crippen LogP contribution >= 0.6 is 0 Å². The highest BCUT2D eigenvalue weighted by atomic mass is 16.5. The molecule has 5 heteroatoms. The fraction of sp³-hybridized carbons (Fsp3) is 0.333. The number of nitrogens with one attached hydrogen (secondary N) is 1. The van der Waals surface area contributed by atoms with Crippen molar-refractivity contribution in [3.05, 3.63) is 42.4 Å². The predicted molar refractivity (Wildman–Crippen MR) is 78.4 cm³/mol. The van der Waals surface area contributed by atoms with Crippen LogP contribution in [0.25, 0.3) is 0 Å². The van der Waals surface area contributed by atoms with E-state index in [1.54, 1.807) is 12.4 Å². The first-order valence-electron chi connectivity index (χ1n) is 6.84. The molecule has 0 aliphatic carbocycles. The Balaban J connectivity index is 1.71. The summed E-state index contributed by atoms with van der Waals surface area (Å²) in [5.74, 6) is 1.34. The molecule has 1 aromatic heterocycles. The van der Waals surface area contributed by atoms with E-state index in [9.17, 15) is 0 Å². The van der Waals surface area contributed by atoms with Gasteiger partial charge >= 0.3 is 0 Å². The number of nitrogens with zero attached hydrogens (tertiary/aromatic N) is 3. The highest BCUT2D eigenvalue weighted by molar-refractivity contribution is 5.50. The van der Waals surface area contributed by atoms with Gasteiger partial charge in [-0.2, -0.15) is 0 Å². The first-order valence-corrected chi connectivity index (χ1v) is 6.84. The molecule has 0 unspecified atom stereocenters. The van der Waals surface area contributed by atoms with Gasteiger partial charge in [-0.3, -0.25) is 4.98 Å². The van der Waals surface area contributed by atoms with Crippen LogP contribution in [0, 0.1) is 6.92 Å². The molecule has 1 fully saturated rings. The van der Waals surface area contributed by atoms with Gasteiger partial charge in [-0.25, -0.2) is 4.98 Å². The Morgan fingerprint density at radius 2 is 1.75 bits per heavy atom.